The number of rotatable bonds is 6. The zero-order valence-electron chi connectivity index (χ0n) is 12.6. The Balaban J connectivity index is 1.90. The SMILES string of the molecule is CCN(CCC(=O)Nc1cccc(C#N)c1)c1ccccc1. The van der Waals surface area contributed by atoms with Gasteiger partial charge in [0.25, 0.3) is 0 Å². The molecule has 1 amide bonds. The van der Waals surface area contributed by atoms with Gasteiger partial charge in [0, 0.05) is 30.9 Å². The number of amides is 1. The van der Waals surface area contributed by atoms with Crippen molar-refractivity contribution in [3.8, 4) is 6.07 Å². The standard InChI is InChI=1S/C18H19N3O/c1-2-21(17-9-4-3-5-10-17)12-11-18(22)20-16-8-6-7-15(13-16)14-19/h3-10,13H,2,11-12H2,1H3,(H,20,22). The molecule has 0 aromatic heterocycles. The number of hydrogen-bond acceptors (Lipinski definition) is 3. The summed E-state index contributed by atoms with van der Waals surface area (Å²) in [5.74, 6) is -0.0514. The molecule has 0 saturated heterocycles. The van der Waals surface area contributed by atoms with Gasteiger partial charge in [0.2, 0.25) is 5.91 Å². The fraction of sp³-hybridized carbons (Fsp3) is 0.222. The number of hydrogen-bond donors (Lipinski definition) is 1. The lowest BCUT2D eigenvalue weighted by atomic mass is 10.2. The van der Waals surface area contributed by atoms with E-state index in [-0.39, 0.29) is 5.91 Å². The van der Waals surface area contributed by atoms with Crippen LogP contribution in [0.5, 0.6) is 0 Å². The second-order valence-electron chi connectivity index (χ2n) is 4.91. The smallest absolute Gasteiger partial charge is 0.226 e. The van der Waals surface area contributed by atoms with Gasteiger partial charge in [0.15, 0.2) is 0 Å². The summed E-state index contributed by atoms with van der Waals surface area (Å²) in [6.07, 6.45) is 0.402. The van der Waals surface area contributed by atoms with E-state index in [4.69, 9.17) is 5.26 Å². The van der Waals surface area contributed by atoms with Crippen LogP contribution in [0, 0.1) is 11.3 Å². The van der Waals surface area contributed by atoms with Crippen molar-refractivity contribution >= 4 is 17.3 Å². The van der Waals surface area contributed by atoms with Gasteiger partial charge < -0.3 is 10.2 Å². The highest BCUT2D eigenvalue weighted by Crippen LogP contribution is 2.14. The number of benzene rings is 2. The van der Waals surface area contributed by atoms with Crippen LogP contribution in [-0.2, 0) is 4.79 Å². The summed E-state index contributed by atoms with van der Waals surface area (Å²) in [5, 5.41) is 11.7. The molecule has 0 unspecified atom stereocenters. The Hall–Kier alpha value is -2.80. The minimum absolute atomic E-state index is 0.0514. The number of para-hydroxylation sites is 1. The van der Waals surface area contributed by atoms with Crippen LogP contribution in [0.3, 0.4) is 0 Å². The van der Waals surface area contributed by atoms with Gasteiger partial charge in [-0.05, 0) is 37.3 Å². The second-order valence-corrected chi connectivity index (χ2v) is 4.91. The Morgan fingerprint density at radius 3 is 2.64 bits per heavy atom. The van der Waals surface area contributed by atoms with Crippen molar-refractivity contribution in [2.24, 2.45) is 0 Å². The van der Waals surface area contributed by atoms with Crippen LogP contribution in [0.1, 0.15) is 18.9 Å². The molecule has 0 bridgehead atoms. The van der Waals surface area contributed by atoms with Crippen molar-refractivity contribution in [3.05, 3.63) is 60.2 Å². The summed E-state index contributed by atoms with van der Waals surface area (Å²) in [7, 11) is 0. The molecule has 0 aliphatic rings. The van der Waals surface area contributed by atoms with E-state index in [1.165, 1.54) is 0 Å². The zero-order valence-corrected chi connectivity index (χ0v) is 12.6. The molecule has 0 atom stereocenters. The van der Waals surface area contributed by atoms with Crippen LogP contribution < -0.4 is 10.2 Å². The van der Waals surface area contributed by atoms with E-state index in [9.17, 15) is 4.79 Å². The van der Waals surface area contributed by atoms with Crippen LogP contribution in [0.15, 0.2) is 54.6 Å². The molecule has 2 aromatic carbocycles. The molecule has 4 heteroatoms. The van der Waals surface area contributed by atoms with Crippen LogP contribution in [0.25, 0.3) is 0 Å². The molecule has 4 nitrogen and oxygen atoms in total. The number of nitrogens with one attached hydrogen (secondary N) is 1. The fourth-order valence-electron chi connectivity index (χ4n) is 2.24. The van der Waals surface area contributed by atoms with E-state index in [0.717, 1.165) is 12.2 Å². The summed E-state index contributed by atoms with van der Waals surface area (Å²) < 4.78 is 0. The lowest BCUT2D eigenvalue weighted by Crippen LogP contribution is -2.27. The topological polar surface area (TPSA) is 56.1 Å². The van der Waals surface area contributed by atoms with E-state index in [2.05, 4.69) is 23.2 Å². The molecule has 0 fully saturated rings. The van der Waals surface area contributed by atoms with Gasteiger partial charge >= 0.3 is 0 Å². The Labute approximate surface area is 131 Å². The summed E-state index contributed by atoms with van der Waals surface area (Å²) in [4.78, 5) is 14.2. The second kappa shape index (κ2) is 7.84. The summed E-state index contributed by atoms with van der Waals surface area (Å²) in [6, 6.07) is 19.0. The van der Waals surface area contributed by atoms with E-state index in [1.54, 1.807) is 24.3 Å². The highest BCUT2D eigenvalue weighted by molar-refractivity contribution is 5.91. The Morgan fingerprint density at radius 1 is 1.18 bits per heavy atom. The number of carbonyl (C=O) groups excluding carboxylic acids is 1. The van der Waals surface area contributed by atoms with E-state index >= 15 is 0 Å². The minimum atomic E-state index is -0.0514. The molecule has 1 N–H and O–H groups in total. The van der Waals surface area contributed by atoms with Crippen molar-refractivity contribution in [2.45, 2.75) is 13.3 Å². The normalized spacial score (nSPS) is 9.82. The molecule has 112 valence electrons. The monoisotopic (exact) mass is 293 g/mol. The molecule has 0 spiro atoms. The first-order valence-corrected chi connectivity index (χ1v) is 7.33. The average Bonchev–Trinajstić information content (AvgIpc) is 2.56. The van der Waals surface area contributed by atoms with Crippen molar-refractivity contribution in [3.63, 3.8) is 0 Å². The number of nitrogens with zero attached hydrogens (tertiary/aromatic N) is 2. The van der Waals surface area contributed by atoms with Crippen molar-refractivity contribution < 1.29 is 4.79 Å². The number of anilines is 2. The third-order valence-electron chi connectivity index (χ3n) is 3.39. The molecule has 2 aromatic rings. The average molecular weight is 293 g/mol. The van der Waals surface area contributed by atoms with Gasteiger partial charge in [0.05, 0.1) is 11.6 Å². The highest BCUT2D eigenvalue weighted by Gasteiger charge is 2.08. The molecule has 0 radical (unpaired) electrons. The summed E-state index contributed by atoms with van der Waals surface area (Å²) >= 11 is 0. The summed E-state index contributed by atoms with van der Waals surface area (Å²) in [5.41, 5.74) is 2.31. The van der Waals surface area contributed by atoms with E-state index in [0.29, 0.717) is 24.2 Å². The van der Waals surface area contributed by atoms with Gasteiger partial charge in [0.1, 0.15) is 0 Å². The molecule has 2 rings (SSSR count). The molecular weight excluding hydrogens is 274 g/mol. The molecule has 22 heavy (non-hydrogen) atoms. The quantitative estimate of drug-likeness (QED) is 0.888. The first-order chi connectivity index (χ1) is 10.7. The first kappa shape index (κ1) is 15.6. The fourth-order valence-corrected chi connectivity index (χ4v) is 2.24. The summed E-state index contributed by atoms with van der Waals surface area (Å²) in [6.45, 7) is 3.58. The lowest BCUT2D eigenvalue weighted by Gasteiger charge is -2.22. The third-order valence-corrected chi connectivity index (χ3v) is 3.39. The Kier molecular flexibility index (Phi) is 5.56. The van der Waals surface area contributed by atoms with Gasteiger partial charge in [-0.25, -0.2) is 0 Å². The lowest BCUT2D eigenvalue weighted by molar-refractivity contribution is -0.116. The van der Waals surface area contributed by atoms with Crippen LogP contribution in [0.4, 0.5) is 11.4 Å². The maximum Gasteiger partial charge on any atom is 0.226 e. The number of nitriles is 1. The van der Waals surface area contributed by atoms with Crippen molar-refractivity contribution in [2.75, 3.05) is 23.3 Å². The van der Waals surface area contributed by atoms with Crippen LogP contribution >= 0.6 is 0 Å². The molecular formula is C18H19N3O. The predicted molar refractivity (Wildman–Crippen MR) is 88.7 cm³/mol. The Bertz CT molecular complexity index is 662. The minimum Gasteiger partial charge on any atom is -0.371 e. The first-order valence-electron chi connectivity index (χ1n) is 7.33. The molecule has 0 aliphatic carbocycles. The molecule has 0 heterocycles. The van der Waals surface area contributed by atoms with Gasteiger partial charge in [-0.15, -0.1) is 0 Å². The van der Waals surface area contributed by atoms with Crippen molar-refractivity contribution in [1.29, 1.82) is 5.26 Å². The van der Waals surface area contributed by atoms with E-state index in [1.807, 2.05) is 30.3 Å². The third kappa shape index (κ3) is 4.35. The highest BCUT2D eigenvalue weighted by atomic mass is 16.1. The Morgan fingerprint density at radius 2 is 1.95 bits per heavy atom. The van der Waals surface area contributed by atoms with Gasteiger partial charge in [-0.1, -0.05) is 24.3 Å². The van der Waals surface area contributed by atoms with Gasteiger partial charge in [-0.2, -0.15) is 5.26 Å². The predicted octanol–water partition coefficient (Wildman–Crippen LogP) is 3.41. The molecule has 0 saturated carbocycles. The maximum absolute atomic E-state index is 12.0. The van der Waals surface area contributed by atoms with Gasteiger partial charge in [-0.3, -0.25) is 4.79 Å². The van der Waals surface area contributed by atoms with Crippen molar-refractivity contribution in [1.82, 2.24) is 0 Å². The van der Waals surface area contributed by atoms with Crippen LogP contribution in [-0.4, -0.2) is 19.0 Å². The van der Waals surface area contributed by atoms with E-state index < -0.39 is 0 Å². The van der Waals surface area contributed by atoms with Crippen LogP contribution in [0.2, 0.25) is 0 Å². The largest absolute Gasteiger partial charge is 0.371 e. The maximum atomic E-state index is 12.0. The molecule has 0 aliphatic heterocycles. The zero-order chi connectivity index (χ0) is 15.8. The number of carbonyl (C=O) groups is 1.